The molecule has 2 nitrogen and oxygen atoms in total. The van der Waals surface area contributed by atoms with E-state index in [-0.39, 0.29) is 11.3 Å². The van der Waals surface area contributed by atoms with Crippen molar-refractivity contribution in [3.63, 3.8) is 0 Å². The lowest BCUT2D eigenvalue weighted by atomic mass is 9.85. The average molecular weight is 445 g/mol. The Balaban J connectivity index is 1.60. The van der Waals surface area contributed by atoms with Crippen molar-refractivity contribution in [2.24, 2.45) is 4.99 Å². The van der Waals surface area contributed by atoms with Gasteiger partial charge in [-0.2, -0.15) is 0 Å². The maximum absolute atomic E-state index is 14.2. The minimum absolute atomic E-state index is 0.0689. The average Bonchev–Trinajstić information content (AvgIpc) is 3.19. The predicted molar refractivity (Wildman–Crippen MR) is 113 cm³/mol. The maximum atomic E-state index is 14.2. The Labute approximate surface area is 182 Å². The van der Waals surface area contributed by atoms with E-state index in [1.54, 1.807) is 12.1 Å². The first-order valence-corrected chi connectivity index (χ1v) is 10.2. The van der Waals surface area contributed by atoms with E-state index in [1.807, 2.05) is 31.2 Å². The van der Waals surface area contributed by atoms with E-state index in [4.69, 9.17) is 4.99 Å². The zero-order valence-corrected chi connectivity index (χ0v) is 17.2. The second-order valence-electron chi connectivity index (χ2n) is 7.69. The Hall–Kier alpha value is -3.22. The summed E-state index contributed by atoms with van der Waals surface area (Å²) in [6.45, 7) is 1.98. The fourth-order valence-corrected chi connectivity index (χ4v) is 4.14. The number of nitrogens with zero attached hydrogens (tertiary/aromatic N) is 1. The first-order chi connectivity index (χ1) is 15.2. The van der Waals surface area contributed by atoms with Crippen molar-refractivity contribution in [2.45, 2.75) is 38.1 Å². The number of rotatable bonds is 5. The third-order valence-corrected chi connectivity index (χ3v) is 5.80. The molecular weight excluding hydrogens is 425 g/mol. The summed E-state index contributed by atoms with van der Waals surface area (Å²) in [4.78, 5) is 4.76. The summed E-state index contributed by atoms with van der Waals surface area (Å²) in [5, 5.41) is 0. The van der Waals surface area contributed by atoms with E-state index < -0.39 is 23.5 Å². The molecule has 1 atom stereocenters. The lowest BCUT2D eigenvalue weighted by molar-refractivity contribution is -0.274. The minimum Gasteiger partial charge on any atom is -0.406 e. The Morgan fingerprint density at radius 2 is 1.44 bits per heavy atom. The van der Waals surface area contributed by atoms with Crippen LogP contribution in [0.4, 0.5) is 22.0 Å². The van der Waals surface area contributed by atoms with Gasteiger partial charge < -0.3 is 4.74 Å². The molecule has 3 aromatic carbocycles. The largest absolute Gasteiger partial charge is 0.573 e. The number of aliphatic imine (C=N–C) groups is 1. The molecule has 0 radical (unpaired) electrons. The summed E-state index contributed by atoms with van der Waals surface area (Å²) in [6.07, 6.45) is -2.97. The van der Waals surface area contributed by atoms with Gasteiger partial charge in [0, 0.05) is 5.71 Å². The number of alkyl halides is 3. The molecule has 0 saturated heterocycles. The fourth-order valence-electron chi connectivity index (χ4n) is 4.14. The van der Waals surface area contributed by atoms with Gasteiger partial charge in [-0.05, 0) is 60.2 Å². The number of halogens is 5. The molecule has 0 bridgehead atoms. The maximum Gasteiger partial charge on any atom is 0.573 e. The van der Waals surface area contributed by atoms with Crippen LogP contribution in [0, 0.1) is 11.6 Å². The lowest BCUT2D eigenvalue weighted by Crippen LogP contribution is -2.19. The number of ether oxygens (including phenoxy) is 1. The Morgan fingerprint density at radius 3 is 1.97 bits per heavy atom. The van der Waals surface area contributed by atoms with Crippen molar-refractivity contribution in [2.75, 3.05) is 0 Å². The van der Waals surface area contributed by atoms with Gasteiger partial charge in [-0.25, -0.2) is 8.78 Å². The molecule has 3 aromatic rings. The molecule has 0 aromatic heterocycles. The molecule has 0 N–H and O–H groups in total. The molecule has 7 heteroatoms. The van der Waals surface area contributed by atoms with Gasteiger partial charge >= 0.3 is 6.36 Å². The van der Waals surface area contributed by atoms with Crippen LogP contribution in [0.1, 0.15) is 37.3 Å². The van der Waals surface area contributed by atoms with Crippen molar-refractivity contribution in [1.29, 1.82) is 0 Å². The zero-order valence-electron chi connectivity index (χ0n) is 17.2. The summed E-state index contributed by atoms with van der Waals surface area (Å²) in [7, 11) is 0. The number of benzene rings is 3. The van der Waals surface area contributed by atoms with E-state index in [2.05, 4.69) is 4.74 Å². The summed E-state index contributed by atoms with van der Waals surface area (Å²) < 4.78 is 69.4. The van der Waals surface area contributed by atoms with Crippen LogP contribution in [0.5, 0.6) is 5.75 Å². The molecule has 1 heterocycles. The van der Waals surface area contributed by atoms with Crippen LogP contribution in [-0.4, -0.2) is 12.1 Å². The Morgan fingerprint density at radius 1 is 0.875 bits per heavy atom. The van der Waals surface area contributed by atoms with Crippen molar-refractivity contribution in [3.05, 3.63) is 89.5 Å². The van der Waals surface area contributed by atoms with Gasteiger partial charge in [0.15, 0.2) is 0 Å². The topological polar surface area (TPSA) is 21.6 Å². The van der Waals surface area contributed by atoms with E-state index in [1.165, 1.54) is 30.3 Å². The standard InChI is InChI=1S/C25H20F5NO/c1-2-24(15-14-22(31-24)23-20(26)4-3-5-21(23)27)18-10-6-16(7-11-18)17-8-12-19(13-9-17)32-25(28,29)30/h3-13H,2,14-15H2,1H3. The van der Waals surface area contributed by atoms with Crippen molar-refractivity contribution < 1.29 is 26.7 Å². The minimum atomic E-state index is -4.73. The molecule has 0 aliphatic carbocycles. The zero-order chi connectivity index (χ0) is 22.9. The quantitative estimate of drug-likeness (QED) is 0.375. The molecule has 4 rings (SSSR count). The van der Waals surface area contributed by atoms with Crippen LogP contribution in [0.2, 0.25) is 0 Å². The second kappa shape index (κ2) is 8.37. The SMILES string of the molecule is CCC1(c2ccc(-c3ccc(OC(F)(F)F)cc3)cc2)CCC(c2c(F)cccc2F)=N1. The van der Waals surface area contributed by atoms with Crippen LogP contribution < -0.4 is 4.74 Å². The number of hydrogen-bond donors (Lipinski definition) is 0. The van der Waals surface area contributed by atoms with Gasteiger partial charge in [-0.3, -0.25) is 4.99 Å². The first kappa shape index (κ1) is 22.0. The van der Waals surface area contributed by atoms with Gasteiger partial charge in [0.25, 0.3) is 0 Å². The lowest BCUT2D eigenvalue weighted by Gasteiger charge is -2.25. The van der Waals surface area contributed by atoms with Gasteiger partial charge in [0.1, 0.15) is 17.4 Å². The highest BCUT2D eigenvalue weighted by atomic mass is 19.4. The summed E-state index contributed by atoms with van der Waals surface area (Å²) in [5.74, 6) is -1.52. The third-order valence-electron chi connectivity index (χ3n) is 5.80. The van der Waals surface area contributed by atoms with E-state index in [0.717, 1.165) is 16.7 Å². The van der Waals surface area contributed by atoms with Crippen LogP contribution in [0.25, 0.3) is 11.1 Å². The van der Waals surface area contributed by atoms with Crippen molar-refractivity contribution in [3.8, 4) is 16.9 Å². The predicted octanol–water partition coefficient (Wildman–Crippen LogP) is 7.42. The normalized spacial score (nSPS) is 18.5. The van der Waals surface area contributed by atoms with Crippen molar-refractivity contribution in [1.82, 2.24) is 0 Å². The molecule has 0 saturated carbocycles. The van der Waals surface area contributed by atoms with Crippen molar-refractivity contribution >= 4 is 5.71 Å². The van der Waals surface area contributed by atoms with Crippen LogP contribution >= 0.6 is 0 Å². The molecule has 166 valence electrons. The van der Waals surface area contributed by atoms with E-state index in [9.17, 15) is 22.0 Å². The summed E-state index contributed by atoms with van der Waals surface area (Å²) >= 11 is 0. The molecule has 0 amide bonds. The molecule has 0 fully saturated rings. The smallest absolute Gasteiger partial charge is 0.406 e. The molecule has 32 heavy (non-hydrogen) atoms. The monoisotopic (exact) mass is 445 g/mol. The molecule has 1 unspecified atom stereocenters. The highest BCUT2D eigenvalue weighted by Crippen LogP contribution is 2.41. The third kappa shape index (κ3) is 4.38. The van der Waals surface area contributed by atoms with Gasteiger partial charge in [0.05, 0.1) is 11.1 Å². The fraction of sp³-hybridized carbons (Fsp3) is 0.240. The van der Waals surface area contributed by atoms with E-state index in [0.29, 0.717) is 25.0 Å². The summed E-state index contributed by atoms with van der Waals surface area (Å²) in [6, 6.07) is 17.0. The first-order valence-electron chi connectivity index (χ1n) is 10.2. The summed E-state index contributed by atoms with van der Waals surface area (Å²) in [5.41, 5.74) is 2.26. The van der Waals surface area contributed by atoms with Crippen LogP contribution in [0.3, 0.4) is 0 Å². The van der Waals surface area contributed by atoms with E-state index >= 15 is 0 Å². The molecular formula is C25H20F5NO. The highest BCUT2D eigenvalue weighted by Gasteiger charge is 2.36. The molecule has 1 aliphatic rings. The van der Waals surface area contributed by atoms with Gasteiger partial charge in [0.2, 0.25) is 0 Å². The van der Waals surface area contributed by atoms with Crippen LogP contribution in [-0.2, 0) is 5.54 Å². The highest BCUT2D eigenvalue weighted by molar-refractivity contribution is 6.02. The molecule has 0 spiro atoms. The van der Waals surface area contributed by atoms with Crippen LogP contribution in [0.15, 0.2) is 71.7 Å². The second-order valence-corrected chi connectivity index (χ2v) is 7.69. The Kier molecular flexibility index (Phi) is 5.75. The van der Waals surface area contributed by atoms with Gasteiger partial charge in [-0.15, -0.1) is 13.2 Å². The molecule has 1 aliphatic heterocycles. The number of hydrogen-bond acceptors (Lipinski definition) is 2. The van der Waals surface area contributed by atoms with Gasteiger partial charge in [-0.1, -0.05) is 49.4 Å². The Bertz CT molecular complexity index is 1120.